The average Bonchev–Trinajstić information content (AvgIpc) is 2.96. The molecule has 1 saturated carbocycles. The molecule has 0 amide bonds. The monoisotopic (exact) mass is 306 g/mol. The van der Waals surface area contributed by atoms with Crippen LogP contribution in [0, 0.1) is 0 Å². The second-order valence-corrected chi connectivity index (χ2v) is 6.73. The maximum atomic E-state index is 9.17. The lowest BCUT2D eigenvalue weighted by Gasteiger charge is -2.34. The van der Waals surface area contributed by atoms with Gasteiger partial charge in [0.05, 0.1) is 18.8 Å². The molecule has 0 bridgehead atoms. The first kappa shape index (κ1) is 17.2. The Morgan fingerprint density at radius 1 is 1.45 bits per heavy atom. The first-order chi connectivity index (χ1) is 10.6. The number of nitrogens with one attached hydrogen (secondary N) is 1. The number of allylic oxidation sites excluding steroid dienone is 2. The Morgan fingerprint density at radius 3 is 2.91 bits per heavy atom. The Kier molecular flexibility index (Phi) is 6.58. The van der Waals surface area contributed by atoms with Gasteiger partial charge in [0.15, 0.2) is 0 Å². The van der Waals surface area contributed by atoms with Gasteiger partial charge in [0, 0.05) is 12.1 Å². The van der Waals surface area contributed by atoms with Gasteiger partial charge in [-0.3, -0.25) is 0 Å². The summed E-state index contributed by atoms with van der Waals surface area (Å²) < 4.78 is 1.95. The molecular weight excluding hydrogens is 276 g/mol. The van der Waals surface area contributed by atoms with Crippen LogP contribution in [0.1, 0.15) is 71.0 Å². The molecule has 5 heteroatoms. The van der Waals surface area contributed by atoms with E-state index in [-0.39, 0.29) is 6.61 Å². The van der Waals surface area contributed by atoms with E-state index in [2.05, 4.69) is 42.5 Å². The largest absolute Gasteiger partial charge is 0.390 e. The van der Waals surface area contributed by atoms with Gasteiger partial charge >= 0.3 is 0 Å². The van der Waals surface area contributed by atoms with Crippen LogP contribution in [-0.4, -0.2) is 32.2 Å². The minimum atomic E-state index is -0.0378. The van der Waals surface area contributed by atoms with E-state index >= 15 is 0 Å². The van der Waals surface area contributed by atoms with E-state index in [1.807, 2.05) is 10.9 Å². The molecule has 0 unspecified atom stereocenters. The van der Waals surface area contributed by atoms with Crippen molar-refractivity contribution < 1.29 is 5.11 Å². The van der Waals surface area contributed by atoms with Crippen LogP contribution in [0.15, 0.2) is 17.8 Å². The third kappa shape index (κ3) is 4.92. The van der Waals surface area contributed by atoms with E-state index in [4.69, 9.17) is 5.11 Å². The van der Waals surface area contributed by atoms with E-state index in [1.165, 1.54) is 24.8 Å². The molecular formula is C17H30N4O. The summed E-state index contributed by atoms with van der Waals surface area (Å²) in [6, 6.07) is 1.30. The first-order valence-corrected chi connectivity index (χ1v) is 8.51. The van der Waals surface area contributed by atoms with Gasteiger partial charge in [0.25, 0.3) is 0 Å². The molecule has 0 radical (unpaired) electrons. The molecule has 0 aromatic carbocycles. The maximum Gasteiger partial charge on any atom is 0.108 e. The molecule has 1 aromatic heterocycles. The summed E-state index contributed by atoms with van der Waals surface area (Å²) in [5.41, 5.74) is 2.04. The fourth-order valence-corrected chi connectivity index (χ4v) is 3.24. The second-order valence-electron chi connectivity index (χ2n) is 6.73. The van der Waals surface area contributed by atoms with Gasteiger partial charge in [0.1, 0.15) is 5.69 Å². The lowest BCUT2D eigenvalue weighted by molar-refractivity contribution is 0.227. The Balaban J connectivity index is 1.93. The smallest absolute Gasteiger partial charge is 0.108 e. The summed E-state index contributed by atoms with van der Waals surface area (Å²) in [4.78, 5) is 0. The third-order valence-corrected chi connectivity index (χ3v) is 4.44. The minimum Gasteiger partial charge on any atom is -0.390 e. The van der Waals surface area contributed by atoms with Crippen LogP contribution >= 0.6 is 0 Å². The molecule has 1 fully saturated rings. The van der Waals surface area contributed by atoms with E-state index in [1.54, 1.807) is 0 Å². The quantitative estimate of drug-likeness (QED) is 0.760. The summed E-state index contributed by atoms with van der Waals surface area (Å²) in [6.07, 6.45) is 11.3. The van der Waals surface area contributed by atoms with Crippen LogP contribution in [-0.2, 0) is 6.61 Å². The molecule has 0 aliphatic heterocycles. The summed E-state index contributed by atoms with van der Waals surface area (Å²) in [7, 11) is 0. The van der Waals surface area contributed by atoms with Crippen molar-refractivity contribution in [1.29, 1.82) is 0 Å². The van der Waals surface area contributed by atoms with E-state index in [9.17, 15) is 0 Å². The van der Waals surface area contributed by atoms with Crippen LogP contribution in [0.25, 0.3) is 0 Å². The highest BCUT2D eigenvalue weighted by Crippen LogP contribution is 2.28. The number of hydrogen-bond donors (Lipinski definition) is 2. The number of hydrogen-bond acceptors (Lipinski definition) is 4. The van der Waals surface area contributed by atoms with Crippen LogP contribution in [0.5, 0.6) is 0 Å². The zero-order chi connectivity index (χ0) is 15.9. The molecule has 124 valence electrons. The van der Waals surface area contributed by atoms with E-state index in [0.29, 0.717) is 23.8 Å². The lowest BCUT2D eigenvalue weighted by Crippen LogP contribution is -2.44. The zero-order valence-corrected chi connectivity index (χ0v) is 14.1. The van der Waals surface area contributed by atoms with Gasteiger partial charge in [-0.15, -0.1) is 5.10 Å². The van der Waals surface area contributed by atoms with Gasteiger partial charge in [-0.25, -0.2) is 4.68 Å². The van der Waals surface area contributed by atoms with Crippen molar-refractivity contribution in [2.24, 2.45) is 0 Å². The molecule has 1 heterocycles. The summed E-state index contributed by atoms with van der Waals surface area (Å²) in [5.74, 6) is 0. The standard InChI is InChI=1S/C17H30N4O/c1-13(2)7-6-8-14(3)18-16-9-4-5-10-17(16)21-11-15(12-22)19-20-21/h7,11,14,16-18,22H,4-6,8-10,12H2,1-3H3/t14-,16+,17-/m1/s1. The van der Waals surface area contributed by atoms with Gasteiger partial charge in [-0.05, 0) is 46.5 Å². The molecule has 1 aliphatic carbocycles. The van der Waals surface area contributed by atoms with Crippen LogP contribution in [0.4, 0.5) is 0 Å². The SMILES string of the molecule is CC(C)=CCC[C@@H](C)N[C@H]1CCCC[C@H]1n1cc(CO)nn1. The fourth-order valence-electron chi connectivity index (χ4n) is 3.24. The minimum absolute atomic E-state index is 0.0378. The van der Waals surface area contributed by atoms with Gasteiger partial charge < -0.3 is 10.4 Å². The molecule has 1 aliphatic rings. The third-order valence-electron chi connectivity index (χ3n) is 4.44. The number of aliphatic hydroxyl groups is 1. The Labute approximate surface area is 133 Å². The molecule has 0 spiro atoms. The predicted molar refractivity (Wildman–Crippen MR) is 88.5 cm³/mol. The van der Waals surface area contributed by atoms with Crippen molar-refractivity contribution >= 4 is 0 Å². The maximum absolute atomic E-state index is 9.17. The Bertz CT molecular complexity index is 479. The molecule has 5 nitrogen and oxygen atoms in total. The highest BCUT2D eigenvalue weighted by Gasteiger charge is 2.28. The number of rotatable bonds is 7. The fraction of sp³-hybridized carbons (Fsp3) is 0.765. The topological polar surface area (TPSA) is 63.0 Å². The normalized spacial score (nSPS) is 23.3. The van der Waals surface area contributed by atoms with Crippen molar-refractivity contribution in [2.45, 2.75) is 84.0 Å². The summed E-state index contributed by atoms with van der Waals surface area (Å²) in [5, 5.41) is 21.2. The first-order valence-electron chi connectivity index (χ1n) is 8.51. The van der Waals surface area contributed by atoms with Gasteiger partial charge in [-0.1, -0.05) is 29.7 Å². The molecule has 2 rings (SSSR count). The van der Waals surface area contributed by atoms with Crippen LogP contribution < -0.4 is 5.32 Å². The lowest BCUT2D eigenvalue weighted by atomic mass is 9.89. The zero-order valence-electron chi connectivity index (χ0n) is 14.1. The van der Waals surface area contributed by atoms with Gasteiger partial charge in [-0.2, -0.15) is 0 Å². The molecule has 2 N–H and O–H groups in total. The van der Waals surface area contributed by atoms with Crippen molar-refractivity contribution in [1.82, 2.24) is 20.3 Å². The average molecular weight is 306 g/mol. The molecule has 1 aromatic rings. The summed E-state index contributed by atoms with van der Waals surface area (Å²) in [6.45, 7) is 6.53. The Morgan fingerprint density at radius 2 is 2.23 bits per heavy atom. The van der Waals surface area contributed by atoms with Crippen molar-refractivity contribution in [3.05, 3.63) is 23.5 Å². The van der Waals surface area contributed by atoms with Crippen molar-refractivity contribution in [3.8, 4) is 0 Å². The second kappa shape index (κ2) is 8.44. The van der Waals surface area contributed by atoms with Crippen molar-refractivity contribution in [2.75, 3.05) is 0 Å². The Hall–Kier alpha value is -1.20. The van der Waals surface area contributed by atoms with E-state index in [0.717, 1.165) is 19.3 Å². The number of aromatic nitrogens is 3. The van der Waals surface area contributed by atoms with Crippen molar-refractivity contribution in [3.63, 3.8) is 0 Å². The van der Waals surface area contributed by atoms with Crippen LogP contribution in [0.2, 0.25) is 0 Å². The predicted octanol–water partition coefficient (Wildman–Crippen LogP) is 2.98. The molecule has 22 heavy (non-hydrogen) atoms. The van der Waals surface area contributed by atoms with E-state index < -0.39 is 0 Å². The number of nitrogens with zero attached hydrogens (tertiary/aromatic N) is 3. The van der Waals surface area contributed by atoms with Gasteiger partial charge in [0.2, 0.25) is 0 Å². The number of aliphatic hydroxyl groups excluding tert-OH is 1. The molecule has 3 atom stereocenters. The summed E-state index contributed by atoms with van der Waals surface area (Å²) >= 11 is 0. The highest BCUT2D eigenvalue weighted by atomic mass is 16.3. The molecule has 0 saturated heterocycles. The van der Waals surface area contributed by atoms with Crippen LogP contribution in [0.3, 0.4) is 0 Å². The highest BCUT2D eigenvalue weighted by molar-refractivity contribution is 4.96.